The van der Waals surface area contributed by atoms with Crippen molar-refractivity contribution in [1.29, 1.82) is 0 Å². The van der Waals surface area contributed by atoms with E-state index in [-0.39, 0.29) is 27.9 Å². The van der Waals surface area contributed by atoms with Crippen molar-refractivity contribution in [2.75, 3.05) is 26.4 Å². The second-order valence-electron chi connectivity index (χ2n) is 8.84. The molecule has 204 valence electrons. The monoisotopic (exact) mass is 558 g/mol. The Morgan fingerprint density at radius 2 is 1.66 bits per heavy atom. The van der Waals surface area contributed by atoms with Gasteiger partial charge >= 0.3 is 6.11 Å². The summed E-state index contributed by atoms with van der Waals surface area (Å²) >= 11 is 0. The van der Waals surface area contributed by atoms with Crippen LogP contribution in [-0.2, 0) is 20.3 Å². The number of ether oxygens (including phenoxy) is 4. The predicted molar refractivity (Wildman–Crippen MR) is 131 cm³/mol. The molecule has 0 bridgehead atoms. The average molecular weight is 558 g/mol. The number of aryl methyl sites for hydroxylation is 1. The van der Waals surface area contributed by atoms with Gasteiger partial charge < -0.3 is 18.9 Å². The predicted octanol–water partition coefficient (Wildman–Crippen LogP) is 6.55. The maximum absolute atomic E-state index is 15.0. The van der Waals surface area contributed by atoms with Gasteiger partial charge in [-0.2, -0.15) is 8.78 Å². The molecular formula is C27H25F6O4P. The van der Waals surface area contributed by atoms with Crippen LogP contribution in [0.25, 0.3) is 11.1 Å². The molecule has 0 amide bonds. The molecule has 1 aliphatic rings. The van der Waals surface area contributed by atoms with Crippen molar-refractivity contribution in [3.05, 3.63) is 82.4 Å². The van der Waals surface area contributed by atoms with E-state index in [1.807, 2.05) is 16.2 Å². The first-order valence-electron chi connectivity index (χ1n) is 11.7. The normalized spacial score (nSPS) is 18.0. The smallest absolute Gasteiger partial charge is 0.429 e. The minimum absolute atomic E-state index is 0.00188. The Bertz CT molecular complexity index is 1260. The summed E-state index contributed by atoms with van der Waals surface area (Å²) in [6.45, 7) is 4.86. The van der Waals surface area contributed by atoms with Gasteiger partial charge in [-0.1, -0.05) is 12.1 Å². The van der Waals surface area contributed by atoms with Crippen molar-refractivity contribution in [3.63, 3.8) is 0 Å². The number of hydrogen-bond acceptors (Lipinski definition) is 4. The van der Waals surface area contributed by atoms with Crippen molar-refractivity contribution in [3.8, 4) is 16.9 Å². The van der Waals surface area contributed by atoms with Crippen LogP contribution >= 0.6 is 9.24 Å². The first-order chi connectivity index (χ1) is 18.0. The van der Waals surface area contributed by atoms with E-state index in [0.29, 0.717) is 38.1 Å². The van der Waals surface area contributed by atoms with Crippen LogP contribution in [0.4, 0.5) is 26.3 Å². The maximum atomic E-state index is 15.0. The fourth-order valence-electron chi connectivity index (χ4n) is 4.07. The molecular weight excluding hydrogens is 533 g/mol. The highest BCUT2D eigenvalue weighted by Gasteiger charge is 2.40. The number of hydrogen-bond donors (Lipinski definition) is 0. The SMILES string of the molecule is CCOCC1COC(c2ccc(-c3cc(F)c(C(F)(F)Oc4cc(C)c(F)c(F)c4)c(P)c3)c(F)c2)OC1. The maximum Gasteiger partial charge on any atom is 0.430 e. The highest BCUT2D eigenvalue weighted by Crippen LogP contribution is 2.37. The molecule has 0 spiro atoms. The first kappa shape index (κ1) is 28.4. The van der Waals surface area contributed by atoms with Gasteiger partial charge in [0.1, 0.15) is 22.9 Å². The number of halogens is 6. The summed E-state index contributed by atoms with van der Waals surface area (Å²) in [6.07, 6.45) is -5.03. The fourth-order valence-corrected chi connectivity index (χ4v) is 4.56. The Hall–Kier alpha value is -2.65. The van der Waals surface area contributed by atoms with E-state index < -0.39 is 47.0 Å². The lowest BCUT2D eigenvalue weighted by molar-refractivity contribution is -0.212. The van der Waals surface area contributed by atoms with E-state index in [1.165, 1.54) is 19.1 Å². The molecule has 38 heavy (non-hydrogen) atoms. The minimum Gasteiger partial charge on any atom is -0.429 e. The van der Waals surface area contributed by atoms with Gasteiger partial charge in [0.05, 0.1) is 19.8 Å². The molecule has 4 nitrogen and oxygen atoms in total. The molecule has 1 heterocycles. The largest absolute Gasteiger partial charge is 0.430 e. The van der Waals surface area contributed by atoms with Crippen LogP contribution in [0.3, 0.4) is 0 Å². The van der Waals surface area contributed by atoms with Crippen LogP contribution in [0.2, 0.25) is 0 Å². The van der Waals surface area contributed by atoms with Crippen molar-refractivity contribution < 1.29 is 45.3 Å². The molecule has 4 rings (SSSR count). The minimum atomic E-state index is -4.24. The molecule has 0 N–H and O–H groups in total. The number of benzene rings is 3. The van der Waals surface area contributed by atoms with Gasteiger partial charge in [0.2, 0.25) is 0 Å². The van der Waals surface area contributed by atoms with Gasteiger partial charge in [-0.25, -0.2) is 17.6 Å². The molecule has 11 heteroatoms. The third kappa shape index (κ3) is 6.15. The lowest BCUT2D eigenvalue weighted by Crippen LogP contribution is -2.30. The van der Waals surface area contributed by atoms with E-state index in [2.05, 4.69) is 4.74 Å². The average Bonchev–Trinajstić information content (AvgIpc) is 2.85. The molecule has 1 unspecified atom stereocenters. The summed E-state index contributed by atoms with van der Waals surface area (Å²) in [6, 6.07) is 7.32. The highest BCUT2D eigenvalue weighted by molar-refractivity contribution is 7.27. The third-order valence-electron chi connectivity index (χ3n) is 5.94. The molecule has 1 saturated heterocycles. The van der Waals surface area contributed by atoms with Crippen LogP contribution < -0.4 is 10.0 Å². The Balaban J connectivity index is 1.54. The molecule has 0 aromatic heterocycles. The Labute approximate surface area is 218 Å². The quantitative estimate of drug-likeness (QED) is 0.232. The van der Waals surface area contributed by atoms with E-state index >= 15 is 4.39 Å². The molecule has 3 aromatic rings. The second kappa shape index (κ2) is 11.6. The van der Waals surface area contributed by atoms with E-state index in [9.17, 15) is 22.0 Å². The van der Waals surface area contributed by atoms with E-state index in [4.69, 9.17) is 14.2 Å². The van der Waals surface area contributed by atoms with Crippen LogP contribution in [0, 0.1) is 36.1 Å². The Morgan fingerprint density at radius 3 is 2.26 bits per heavy atom. The Kier molecular flexibility index (Phi) is 8.67. The zero-order valence-corrected chi connectivity index (χ0v) is 21.7. The van der Waals surface area contributed by atoms with Crippen molar-refractivity contribution >= 4 is 14.5 Å². The van der Waals surface area contributed by atoms with Crippen molar-refractivity contribution in [1.82, 2.24) is 0 Å². The Morgan fingerprint density at radius 1 is 0.947 bits per heavy atom. The number of rotatable bonds is 8. The summed E-state index contributed by atoms with van der Waals surface area (Å²) in [5, 5.41) is -0.313. The summed E-state index contributed by atoms with van der Waals surface area (Å²) in [5.74, 6) is -5.32. The van der Waals surface area contributed by atoms with Gasteiger partial charge in [0.25, 0.3) is 0 Å². The summed E-state index contributed by atoms with van der Waals surface area (Å²) in [4.78, 5) is 0. The first-order valence-corrected chi connectivity index (χ1v) is 12.3. The van der Waals surface area contributed by atoms with Gasteiger partial charge in [0.15, 0.2) is 17.9 Å². The van der Waals surface area contributed by atoms with Crippen LogP contribution in [0.5, 0.6) is 5.75 Å². The molecule has 0 aliphatic carbocycles. The number of alkyl halides is 2. The zero-order chi connectivity index (χ0) is 27.6. The van der Waals surface area contributed by atoms with E-state index in [1.54, 1.807) is 6.07 Å². The van der Waals surface area contributed by atoms with Gasteiger partial charge in [0, 0.05) is 29.7 Å². The van der Waals surface area contributed by atoms with Crippen molar-refractivity contribution in [2.45, 2.75) is 26.2 Å². The summed E-state index contributed by atoms with van der Waals surface area (Å²) < 4.78 is 108. The lowest BCUT2D eigenvalue weighted by Gasteiger charge is -2.29. The lowest BCUT2D eigenvalue weighted by atomic mass is 10.0. The molecule has 1 aliphatic heterocycles. The molecule has 3 aromatic carbocycles. The molecule has 0 radical (unpaired) electrons. The molecule has 1 atom stereocenters. The van der Waals surface area contributed by atoms with Crippen molar-refractivity contribution in [2.24, 2.45) is 5.92 Å². The third-order valence-corrected chi connectivity index (χ3v) is 6.40. The van der Waals surface area contributed by atoms with Gasteiger partial charge in [-0.05, 0) is 54.5 Å². The van der Waals surface area contributed by atoms with Gasteiger partial charge in [-0.3, -0.25) is 0 Å². The van der Waals surface area contributed by atoms with Crippen LogP contribution in [0.1, 0.15) is 29.9 Å². The van der Waals surface area contributed by atoms with Crippen LogP contribution in [-0.4, -0.2) is 26.4 Å². The van der Waals surface area contributed by atoms with Crippen LogP contribution in [0.15, 0.2) is 42.5 Å². The standard InChI is InChI=1S/C27H25F6O4P/c1-3-34-11-15-12-35-26(36-13-15)16-4-5-19(20(28)7-16)17-8-21(29)24(23(38)9-17)27(32,33)37-18-6-14(2)25(31)22(30)10-18/h4-10,15,26H,3,11-13,38H2,1-2H3. The summed E-state index contributed by atoms with van der Waals surface area (Å²) in [5.41, 5.74) is -1.02. The topological polar surface area (TPSA) is 36.9 Å². The fraction of sp³-hybridized carbons (Fsp3) is 0.333. The molecule has 0 saturated carbocycles. The second-order valence-corrected chi connectivity index (χ2v) is 9.46. The highest BCUT2D eigenvalue weighted by atomic mass is 31.0. The molecule has 1 fully saturated rings. The zero-order valence-electron chi connectivity index (χ0n) is 20.5. The van der Waals surface area contributed by atoms with Gasteiger partial charge in [-0.15, -0.1) is 9.24 Å². The summed E-state index contributed by atoms with van der Waals surface area (Å²) in [7, 11) is 1.96. The van der Waals surface area contributed by atoms with E-state index in [0.717, 1.165) is 18.2 Å².